The highest BCUT2D eigenvalue weighted by atomic mass is 32.3. The lowest BCUT2D eigenvalue weighted by atomic mass is 10.1. The van der Waals surface area contributed by atoms with Crippen molar-refractivity contribution in [1.29, 1.82) is 0 Å². The van der Waals surface area contributed by atoms with Gasteiger partial charge in [0, 0.05) is 0 Å². The van der Waals surface area contributed by atoms with E-state index in [9.17, 15) is 8.42 Å². The second kappa shape index (κ2) is 4.61. The molecular formula is C9H12O5S. The summed E-state index contributed by atoms with van der Waals surface area (Å²) in [5.41, 5.74) is 0.604. The first kappa shape index (κ1) is 12.0. The Bertz CT molecular complexity index is 426. The zero-order valence-electron chi connectivity index (χ0n) is 8.38. The molecule has 84 valence electrons. The second-order valence-corrected chi connectivity index (χ2v) is 3.99. The van der Waals surface area contributed by atoms with Crippen LogP contribution in [0, 0.1) is 0 Å². The summed E-state index contributed by atoms with van der Waals surface area (Å²) in [4.78, 5) is 0. The summed E-state index contributed by atoms with van der Waals surface area (Å²) >= 11 is 0. The first-order valence-corrected chi connectivity index (χ1v) is 5.58. The topological polar surface area (TPSA) is 72.8 Å². The fourth-order valence-corrected chi connectivity index (χ4v) is 1.61. The smallest absolute Gasteiger partial charge is 0.397 e. The second-order valence-electron chi connectivity index (χ2n) is 2.94. The van der Waals surface area contributed by atoms with Crippen molar-refractivity contribution < 1.29 is 21.9 Å². The molecule has 0 aromatic heterocycles. The molecule has 5 nitrogen and oxygen atoms in total. The van der Waals surface area contributed by atoms with E-state index < -0.39 is 16.5 Å². The van der Waals surface area contributed by atoms with E-state index in [0.29, 0.717) is 11.3 Å². The molecule has 0 aliphatic heterocycles. The van der Waals surface area contributed by atoms with E-state index in [2.05, 4.69) is 4.18 Å². The lowest BCUT2D eigenvalue weighted by molar-refractivity contribution is 0.200. The van der Waals surface area contributed by atoms with Gasteiger partial charge in [-0.25, -0.2) is 4.18 Å². The van der Waals surface area contributed by atoms with Crippen LogP contribution in [-0.2, 0) is 14.6 Å². The summed E-state index contributed by atoms with van der Waals surface area (Å²) in [5.74, 6) is 0.596. The van der Waals surface area contributed by atoms with Gasteiger partial charge in [-0.05, 0) is 24.6 Å². The van der Waals surface area contributed by atoms with E-state index in [4.69, 9.17) is 9.29 Å². The first-order chi connectivity index (χ1) is 6.92. The van der Waals surface area contributed by atoms with Gasteiger partial charge in [0.05, 0.1) is 7.11 Å². The Morgan fingerprint density at radius 3 is 2.60 bits per heavy atom. The highest BCUT2D eigenvalue weighted by molar-refractivity contribution is 7.80. The van der Waals surface area contributed by atoms with Crippen molar-refractivity contribution >= 4 is 10.4 Å². The maximum Gasteiger partial charge on any atom is 0.397 e. The molecule has 0 radical (unpaired) electrons. The van der Waals surface area contributed by atoms with E-state index in [-0.39, 0.29) is 0 Å². The van der Waals surface area contributed by atoms with Crippen LogP contribution >= 0.6 is 0 Å². The molecule has 0 unspecified atom stereocenters. The average molecular weight is 232 g/mol. The number of methoxy groups -OCH3 is 1. The van der Waals surface area contributed by atoms with E-state index in [0.717, 1.165) is 0 Å². The van der Waals surface area contributed by atoms with Crippen LogP contribution in [0.1, 0.15) is 18.6 Å². The molecule has 0 aliphatic carbocycles. The van der Waals surface area contributed by atoms with Gasteiger partial charge in [0.15, 0.2) is 0 Å². The minimum atomic E-state index is -4.43. The molecule has 0 fully saturated rings. The Kier molecular flexibility index (Phi) is 3.67. The molecule has 1 N–H and O–H groups in total. The Hall–Kier alpha value is -1.11. The van der Waals surface area contributed by atoms with Crippen molar-refractivity contribution in [2.45, 2.75) is 13.0 Å². The van der Waals surface area contributed by atoms with Crippen molar-refractivity contribution in [1.82, 2.24) is 0 Å². The quantitative estimate of drug-likeness (QED) is 0.798. The number of hydrogen-bond acceptors (Lipinski definition) is 4. The minimum Gasteiger partial charge on any atom is -0.497 e. The molecular weight excluding hydrogens is 220 g/mol. The van der Waals surface area contributed by atoms with Gasteiger partial charge < -0.3 is 4.74 Å². The molecule has 1 aromatic rings. The number of benzene rings is 1. The Balaban J connectivity index is 2.86. The van der Waals surface area contributed by atoms with Gasteiger partial charge in [0.2, 0.25) is 0 Å². The van der Waals surface area contributed by atoms with Crippen LogP contribution in [0.4, 0.5) is 0 Å². The van der Waals surface area contributed by atoms with E-state index in [1.165, 1.54) is 14.0 Å². The predicted octanol–water partition coefficient (Wildman–Crippen LogP) is 1.58. The number of hydrogen-bond donors (Lipinski definition) is 1. The van der Waals surface area contributed by atoms with Gasteiger partial charge in [0.25, 0.3) is 0 Å². The van der Waals surface area contributed by atoms with Gasteiger partial charge in [-0.15, -0.1) is 0 Å². The summed E-state index contributed by atoms with van der Waals surface area (Å²) in [6.45, 7) is 1.52. The van der Waals surface area contributed by atoms with E-state index >= 15 is 0 Å². The normalized spacial score (nSPS) is 13.5. The maximum absolute atomic E-state index is 10.5. The molecule has 0 bridgehead atoms. The van der Waals surface area contributed by atoms with E-state index in [1.807, 2.05) is 0 Å². The molecule has 0 spiro atoms. The SMILES string of the molecule is COc1cccc([C@H](C)OS(=O)(=O)O)c1. The molecule has 6 heteroatoms. The fourth-order valence-electron chi connectivity index (χ4n) is 1.13. The van der Waals surface area contributed by atoms with E-state index in [1.54, 1.807) is 24.3 Å². The summed E-state index contributed by atoms with van der Waals surface area (Å²) in [5, 5.41) is 0. The first-order valence-electron chi connectivity index (χ1n) is 4.22. The number of ether oxygens (including phenoxy) is 1. The predicted molar refractivity (Wildman–Crippen MR) is 54.0 cm³/mol. The molecule has 1 atom stereocenters. The van der Waals surface area contributed by atoms with Crippen molar-refractivity contribution in [3.8, 4) is 5.75 Å². The zero-order chi connectivity index (χ0) is 11.5. The fraction of sp³-hybridized carbons (Fsp3) is 0.333. The van der Waals surface area contributed by atoms with Crippen molar-refractivity contribution in [2.24, 2.45) is 0 Å². The standard InChI is InChI=1S/C9H12O5S/c1-7(14-15(10,11)12)8-4-3-5-9(6-8)13-2/h3-7H,1-2H3,(H,10,11,12)/t7-/m0/s1. The molecule has 0 aliphatic rings. The van der Waals surface area contributed by atoms with Crippen LogP contribution in [0.3, 0.4) is 0 Å². The van der Waals surface area contributed by atoms with Crippen molar-refractivity contribution in [3.63, 3.8) is 0 Å². The lowest BCUT2D eigenvalue weighted by Gasteiger charge is -2.11. The summed E-state index contributed by atoms with van der Waals surface area (Å²) in [7, 11) is -2.92. The molecule has 15 heavy (non-hydrogen) atoms. The lowest BCUT2D eigenvalue weighted by Crippen LogP contribution is -2.08. The maximum atomic E-state index is 10.5. The van der Waals surface area contributed by atoms with Gasteiger partial charge in [-0.1, -0.05) is 12.1 Å². The minimum absolute atomic E-state index is 0.596. The number of rotatable bonds is 4. The van der Waals surface area contributed by atoms with Crippen molar-refractivity contribution in [2.75, 3.05) is 7.11 Å². The molecule has 1 rings (SSSR count). The molecule has 0 saturated carbocycles. The Labute approximate surface area is 88.6 Å². The highest BCUT2D eigenvalue weighted by Crippen LogP contribution is 2.22. The molecule has 0 heterocycles. The van der Waals surface area contributed by atoms with Crippen molar-refractivity contribution in [3.05, 3.63) is 29.8 Å². The van der Waals surface area contributed by atoms with Crippen LogP contribution in [-0.4, -0.2) is 20.1 Å². The monoisotopic (exact) mass is 232 g/mol. The Morgan fingerprint density at radius 1 is 1.40 bits per heavy atom. The average Bonchev–Trinajstić information content (AvgIpc) is 2.15. The molecule has 0 saturated heterocycles. The third-order valence-corrected chi connectivity index (χ3v) is 2.36. The van der Waals surface area contributed by atoms with Gasteiger partial charge in [-0.3, -0.25) is 4.55 Å². The van der Waals surface area contributed by atoms with Crippen LogP contribution in [0.2, 0.25) is 0 Å². The van der Waals surface area contributed by atoms with Gasteiger partial charge in [0.1, 0.15) is 11.9 Å². The zero-order valence-corrected chi connectivity index (χ0v) is 9.19. The van der Waals surface area contributed by atoms with Gasteiger partial charge in [-0.2, -0.15) is 8.42 Å². The van der Waals surface area contributed by atoms with Crippen LogP contribution in [0.15, 0.2) is 24.3 Å². The molecule has 0 amide bonds. The van der Waals surface area contributed by atoms with Crippen LogP contribution in [0.5, 0.6) is 5.75 Å². The highest BCUT2D eigenvalue weighted by Gasteiger charge is 2.14. The van der Waals surface area contributed by atoms with Crippen LogP contribution < -0.4 is 4.74 Å². The largest absolute Gasteiger partial charge is 0.497 e. The third-order valence-electron chi connectivity index (χ3n) is 1.83. The summed E-state index contributed by atoms with van der Waals surface area (Å²) in [6.07, 6.45) is -0.755. The van der Waals surface area contributed by atoms with Crippen LogP contribution in [0.25, 0.3) is 0 Å². The summed E-state index contributed by atoms with van der Waals surface area (Å²) < 4.78 is 38.8. The third kappa shape index (κ3) is 3.86. The Morgan fingerprint density at radius 2 is 2.07 bits per heavy atom. The summed E-state index contributed by atoms with van der Waals surface area (Å²) in [6, 6.07) is 6.75. The van der Waals surface area contributed by atoms with Gasteiger partial charge >= 0.3 is 10.4 Å². The molecule has 1 aromatic carbocycles.